The summed E-state index contributed by atoms with van der Waals surface area (Å²) in [4.78, 5) is 12.5. The van der Waals surface area contributed by atoms with Crippen LogP contribution < -0.4 is 11.1 Å². The monoisotopic (exact) mass is 305 g/mol. The number of anilines is 2. The number of nitrogen functional groups attached to an aromatic ring is 1. The van der Waals surface area contributed by atoms with Crippen molar-refractivity contribution in [2.24, 2.45) is 0 Å². The van der Waals surface area contributed by atoms with Crippen LogP contribution in [0.25, 0.3) is 0 Å². The highest BCUT2D eigenvalue weighted by atomic mass is 32.2. The normalized spacial score (nSPS) is 12.1. The number of aromatic nitrogens is 3. The van der Waals surface area contributed by atoms with Crippen LogP contribution in [0, 0.1) is 6.92 Å². The first-order valence-corrected chi connectivity index (χ1v) is 7.91. The number of thioether (sulfide) groups is 1. The maximum Gasteiger partial charge on any atom is 0.247 e. The minimum Gasteiger partial charge on any atom is -0.368 e. The number of benzene rings is 1. The summed E-state index contributed by atoms with van der Waals surface area (Å²) in [6.45, 7) is 3.94. The minimum absolute atomic E-state index is 0.122. The molecule has 0 bridgehead atoms. The van der Waals surface area contributed by atoms with E-state index < -0.39 is 6.04 Å². The summed E-state index contributed by atoms with van der Waals surface area (Å²) in [5.74, 6) is 0.133. The predicted molar refractivity (Wildman–Crippen MR) is 85.4 cm³/mol. The van der Waals surface area contributed by atoms with Crippen molar-refractivity contribution in [1.82, 2.24) is 14.8 Å². The highest BCUT2D eigenvalue weighted by Gasteiger charge is 2.24. The summed E-state index contributed by atoms with van der Waals surface area (Å²) in [6.07, 6.45) is 2.48. The first kappa shape index (κ1) is 15.4. The van der Waals surface area contributed by atoms with E-state index in [2.05, 4.69) is 15.5 Å². The average molecular weight is 305 g/mol. The maximum atomic E-state index is 12.5. The fourth-order valence-corrected chi connectivity index (χ4v) is 2.61. The van der Waals surface area contributed by atoms with Crippen LogP contribution >= 0.6 is 11.8 Å². The lowest BCUT2D eigenvalue weighted by Crippen LogP contribution is -2.27. The number of carbonyl (C=O) groups excluding carboxylic acids is 1. The zero-order valence-electron chi connectivity index (χ0n) is 12.3. The van der Waals surface area contributed by atoms with Gasteiger partial charge in [0.1, 0.15) is 6.04 Å². The van der Waals surface area contributed by atoms with E-state index in [1.807, 2.05) is 44.4 Å². The van der Waals surface area contributed by atoms with Crippen LogP contribution in [0.3, 0.4) is 0 Å². The van der Waals surface area contributed by atoms with Crippen molar-refractivity contribution < 1.29 is 4.79 Å². The first-order chi connectivity index (χ1) is 10.1. The number of hydrogen-bond donors (Lipinski definition) is 2. The van der Waals surface area contributed by atoms with Gasteiger partial charge < -0.3 is 11.1 Å². The molecule has 0 aliphatic carbocycles. The van der Waals surface area contributed by atoms with Gasteiger partial charge in [0, 0.05) is 5.69 Å². The lowest BCUT2D eigenvalue weighted by Gasteiger charge is -2.18. The van der Waals surface area contributed by atoms with Crippen molar-refractivity contribution in [2.45, 2.75) is 31.5 Å². The maximum absolute atomic E-state index is 12.5. The van der Waals surface area contributed by atoms with Gasteiger partial charge >= 0.3 is 0 Å². The minimum atomic E-state index is -0.427. The summed E-state index contributed by atoms with van der Waals surface area (Å²) < 4.78 is 1.67. The summed E-state index contributed by atoms with van der Waals surface area (Å²) in [5, 5.41) is 11.4. The van der Waals surface area contributed by atoms with E-state index in [4.69, 9.17) is 5.73 Å². The molecule has 7 heteroatoms. The fraction of sp³-hybridized carbons (Fsp3) is 0.357. The number of carbonyl (C=O) groups is 1. The Morgan fingerprint density at radius 2 is 2.05 bits per heavy atom. The Morgan fingerprint density at radius 1 is 1.38 bits per heavy atom. The zero-order valence-corrected chi connectivity index (χ0v) is 13.1. The van der Waals surface area contributed by atoms with E-state index >= 15 is 0 Å². The van der Waals surface area contributed by atoms with Crippen molar-refractivity contribution in [2.75, 3.05) is 17.3 Å². The van der Waals surface area contributed by atoms with Crippen LogP contribution in [0.4, 0.5) is 11.6 Å². The van der Waals surface area contributed by atoms with Gasteiger partial charge in [-0.25, -0.2) is 0 Å². The third kappa shape index (κ3) is 3.36. The molecule has 0 spiro atoms. The highest BCUT2D eigenvalue weighted by Crippen LogP contribution is 2.24. The van der Waals surface area contributed by atoms with Gasteiger partial charge in [-0.3, -0.25) is 9.36 Å². The molecule has 3 N–H and O–H groups in total. The molecule has 0 saturated heterocycles. The van der Waals surface area contributed by atoms with E-state index in [0.29, 0.717) is 11.6 Å². The Balaban J connectivity index is 2.22. The SMILES string of the molecule is CC[C@H](C(=O)Nc1ccc(C)cc1)n1c(N)nnc1SC. The Bertz CT molecular complexity index is 623. The van der Waals surface area contributed by atoms with Gasteiger partial charge in [0.15, 0.2) is 5.16 Å². The Hall–Kier alpha value is -2.02. The van der Waals surface area contributed by atoms with Crippen LogP contribution in [-0.2, 0) is 4.79 Å². The number of amides is 1. The van der Waals surface area contributed by atoms with Crippen LogP contribution in [0.2, 0.25) is 0 Å². The molecule has 1 heterocycles. The molecule has 1 aromatic heterocycles. The number of nitrogens with zero attached hydrogens (tertiary/aromatic N) is 3. The summed E-state index contributed by atoms with van der Waals surface area (Å²) in [7, 11) is 0. The first-order valence-electron chi connectivity index (χ1n) is 6.68. The number of nitrogens with two attached hydrogens (primary N) is 1. The van der Waals surface area contributed by atoms with Gasteiger partial charge in [0.05, 0.1) is 0 Å². The molecule has 21 heavy (non-hydrogen) atoms. The molecular weight excluding hydrogens is 286 g/mol. The van der Waals surface area contributed by atoms with Crippen molar-refractivity contribution in [3.63, 3.8) is 0 Å². The van der Waals surface area contributed by atoms with Crippen molar-refractivity contribution in [3.8, 4) is 0 Å². The highest BCUT2D eigenvalue weighted by molar-refractivity contribution is 7.98. The van der Waals surface area contributed by atoms with E-state index in [-0.39, 0.29) is 11.9 Å². The topological polar surface area (TPSA) is 85.8 Å². The number of rotatable bonds is 5. The molecule has 0 radical (unpaired) electrons. The van der Waals surface area contributed by atoms with E-state index in [0.717, 1.165) is 11.3 Å². The molecule has 2 aromatic rings. The van der Waals surface area contributed by atoms with E-state index in [9.17, 15) is 4.79 Å². The lowest BCUT2D eigenvalue weighted by atomic mass is 10.2. The third-order valence-corrected chi connectivity index (χ3v) is 3.84. The van der Waals surface area contributed by atoms with Crippen LogP contribution in [-0.4, -0.2) is 26.9 Å². The smallest absolute Gasteiger partial charge is 0.247 e. The van der Waals surface area contributed by atoms with Crippen LogP contribution in [0.15, 0.2) is 29.4 Å². The van der Waals surface area contributed by atoms with Crippen molar-refractivity contribution in [3.05, 3.63) is 29.8 Å². The van der Waals surface area contributed by atoms with E-state index in [1.165, 1.54) is 11.8 Å². The summed E-state index contributed by atoms with van der Waals surface area (Å²) in [5.41, 5.74) is 7.75. The Labute approximate surface area is 128 Å². The van der Waals surface area contributed by atoms with Gasteiger partial charge in [0.2, 0.25) is 11.9 Å². The molecule has 0 unspecified atom stereocenters. The average Bonchev–Trinajstić information content (AvgIpc) is 2.84. The summed E-state index contributed by atoms with van der Waals surface area (Å²) in [6, 6.07) is 7.24. The molecule has 0 aliphatic heterocycles. The second-order valence-corrected chi connectivity index (χ2v) is 5.47. The fourth-order valence-electron chi connectivity index (χ4n) is 2.07. The zero-order chi connectivity index (χ0) is 15.4. The number of aryl methyl sites for hydroxylation is 1. The van der Waals surface area contributed by atoms with Gasteiger partial charge in [0.25, 0.3) is 0 Å². The van der Waals surface area contributed by atoms with Crippen LogP contribution in [0.1, 0.15) is 24.9 Å². The molecule has 1 amide bonds. The second kappa shape index (κ2) is 6.62. The number of nitrogens with one attached hydrogen (secondary N) is 1. The van der Waals surface area contributed by atoms with Gasteiger partial charge in [-0.2, -0.15) is 0 Å². The molecule has 1 atom stereocenters. The molecule has 0 saturated carbocycles. The number of hydrogen-bond acceptors (Lipinski definition) is 5. The third-order valence-electron chi connectivity index (χ3n) is 3.19. The quantitative estimate of drug-likeness (QED) is 0.829. The van der Waals surface area contributed by atoms with Crippen LogP contribution in [0.5, 0.6) is 0 Å². The molecule has 1 aromatic carbocycles. The second-order valence-electron chi connectivity index (χ2n) is 4.69. The van der Waals surface area contributed by atoms with Gasteiger partial charge in [-0.15, -0.1) is 10.2 Å². The van der Waals surface area contributed by atoms with Crippen molar-refractivity contribution in [1.29, 1.82) is 0 Å². The lowest BCUT2D eigenvalue weighted by molar-refractivity contribution is -0.119. The predicted octanol–water partition coefficient (Wildman–Crippen LogP) is 2.48. The molecule has 6 nitrogen and oxygen atoms in total. The molecule has 2 rings (SSSR count). The standard InChI is InChI=1S/C14H19N5OS/c1-4-11(19-13(15)17-18-14(19)21-3)12(20)16-10-7-5-9(2)6-8-10/h5-8,11H,4H2,1-3H3,(H2,15,17)(H,16,20)/t11-/m1/s1. The van der Waals surface area contributed by atoms with Gasteiger partial charge in [-0.05, 0) is 31.7 Å². The Morgan fingerprint density at radius 3 is 2.62 bits per heavy atom. The van der Waals surface area contributed by atoms with Crippen molar-refractivity contribution >= 4 is 29.3 Å². The largest absolute Gasteiger partial charge is 0.368 e. The molecule has 0 fully saturated rings. The van der Waals surface area contributed by atoms with Gasteiger partial charge in [-0.1, -0.05) is 36.4 Å². The van der Waals surface area contributed by atoms with E-state index in [1.54, 1.807) is 4.57 Å². The molecule has 0 aliphatic rings. The molecular formula is C14H19N5OS. The summed E-state index contributed by atoms with van der Waals surface area (Å²) >= 11 is 1.41. The Kier molecular flexibility index (Phi) is 4.85. The molecule has 112 valence electrons.